The van der Waals surface area contributed by atoms with Crippen molar-refractivity contribution in [2.75, 3.05) is 0 Å². The zero-order chi connectivity index (χ0) is 26.9. The van der Waals surface area contributed by atoms with Gasteiger partial charge < -0.3 is 0 Å². The monoisotopic (exact) mass is 608 g/mol. The summed E-state index contributed by atoms with van der Waals surface area (Å²) >= 11 is 0. The second-order valence-corrected chi connectivity index (χ2v) is 16.7. The van der Waals surface area contributed by atoms with Gasteiger partial charge in [-0.1, -0.05) is 104 Å². The van der Waals surface area contributed by atoms with Gasteiger partial charge >= 0.3 is 17.1 Å². The van der Waals surface area contributed by atoms with Crippen LogP contribution in [0.5, 0.6) is 0 Å². The van der Waals surface area contributed by atoms with Crippen molar-refractivity contribution >= 4 is 31.8 Å². The van der Waals surface area contributed by atoms with Crippen LogP contribution in [-0.2, 0) is 23.2 Å². The Morgan fingerprint density at radius 3 is 1.52 bits per heavy atom. The molecule has 0 N–H and O–H groups in total. The van der Waals surface area contributed by atoms with Gasteiger partial charge in [-0.25, -0.2) is 18.2 Å². The summed E-state index contributed by atoms with van der Waals surface area (Å²) in [5.74, 6) is 0. The van der Waals surface area contributed by atoms with Gasteiger partial charge in [-0.2, -0.15) is 35.9 Å². The molecule has 40 heavy (non-hydrogen) atoms. The molecule has 0 spiro atoms. The van der Waals surface area contributed by atoms with Crippen LogP contribution in [0.25, 0.3) is 0 Å². The summed E-state index contributed by atoms with van der Waals surface area (Å²) in [5, 5.41) is 4.62. The second kappa shape index (κ2) is 16.2. The number of aryl methyl sites for hydroxylation is 2. The Kier molecular flexibility index (Phi) is 12.8. The molecule has 2 saturated carbocycles. The summed E-state index contributed by atoms with van der Waals surface area (Å²) in [4.78, 5) is 0. The average molecular weight is 609 g/mol. The molecule has 2 aliphatic rings. The van der Waals surface area contributed by atoms with Gasteiger partial charge in [0.05, 0.1) is 0 Å². The van der Waals surface area contributed by atoms with Crippen LogP contribution in [0.1, 0.15) is 80.9 Å². The minimum Gasteiger partial charge on any atom is -0.214 e. The predicted octanol–water partition coefficient (Wildman–Crippen LogP) is 9.83. The summed E-state index contributed by atoms with van der Waals surface area (Å²) in [6.45, 7) is 4.40. The van der Waals surface area contributed by atoms with Gasteiger partial charge in [0.1, 0.15) is 0 Å². The zero-order valence-electron chi connectivity index (χ0n) is 24.4. The van der Waals surface area contributed by atoms with Crippen molar-refractivity contribution in [3.63, 3.8) is 0 Å². The standard InChI is InChI=1S/C32H41P2.C5H5.Fe/c1-25-16-20-30(21-17-25)34(31-22-18-26(2)19-23-31)32-15-9-10-27(32)24-33(28-11-5-3-6-12-28)29-13-7-4-8-14-29;1-2-4-5-3-1;/h9-10,15-23,28-29H,3-8,11-14,24H2,1-2H3;1-5H;/q2*-1;+2. The van der Waals surface area contributed by atoms with E-state index in [4.69, 9.17) is 0 Å². The van der Waals surface area contributed by atoms with Crippen LogP contribution in [0.2, 0.25) is 0 Å². The van der Waals surface area contributed by atoms with Gasteiger partial charge in [0, 0.05) is 0 Å². The average Bonchev–Trinajstić information content (AvgIpc) is 3.71. The SMILES string of the molecule is Cc1ccc(P(c2ccc(C)cc2)c2[cH-]ccc2CP(C2CCCCC2)C2CCCCC2)cc1.[Fe+2].c1cc[cH-]c1. The van der Waals surface area contributed by atoms with Crippen LogP contribution >= 0.6 is 15.8 Å². The van der Waals surface area contributed by atoms with E-state index < -0.39 is 7.92 Å². The van der Waals surface area contributed by atoms with Crippen molar-refractivity contribution in [1.82, 2.24) is 0 Å². The number of hydrogen-bond acceptors (Lipinski definition) is 0. The van der Waals surface area contributed by atoms with Gasteiger partial charge in [0.2, 0.25) is 0 Å². The molecule has 0 nitrogen and oxygen atoms in total. The quantitative estimate of drug-likeness (QED) is 0.111. The number of rotatable bonds is 7. The molecule has 0 unspecified atom stereocenters. The first kappa shape index (κ1) is 31.5. The second-order valence-electron chi connectivity index (χ2n) is 11.7. The summed E-state index contributed by atoms with van der Waals surface area (Å²) in [7, 11) is -0.436. The fraction of sp³-hybridized carbons (Fsp3) is 0.405. The minimum atomic E-state index is -0.510. The Morgan fingerprint density at radius 2 is 1.10 bits per heavy atom. The molecule has 2 aliphatic carbocycles. The van der Waals surface area contributed by atoms with E-state index >= 15 is 0 Å². The van der Waals surface area contributed by atoms with Crippen LogP contribution in [0.3, 0.4) is 0 Å². The molecule has 0 aromatic heterocycles. The zero-order valence-corrected chi connectivity index (χ0v) is 27.3. The molecule has 4 aromatic carbocycles. The molecular formula is C37H46FeP2. The molecule has 0 saturated heterocycles. The Hall–Kier alpha value is -1.48. The van der Waals surface area contributed by atoms with Gasteiger partial charge in [0.15, 0.2) is 0 Å². The van der Waals surface area contributed by atoms with Crippen molar-refractivity contribution in [3.8, 4) is 0 Å². The number of benzene rings is 2. The van der Waals surface area contributed by atoms with E-state index in [1.807, 2.05) is 30.3 Å². The largest absolute Gasteiger partial charge is 2.00 e. The molecule has 212 valence electrons. The molecule has 6 rings (SSSR count). The maximum Gasteiger partial charge on any atom is 2.00 e. The topological polar surface area (TPSA) is 0 Å². The summed E-state index contributed by atoms with van der Waals surface area (Å²) in [6.07, 6.45) is 16.2. The van der Waals surface area contributed by atoms with E-state index in [9.17, 15) is 0 Å². The Morgan fingerprint density at radius 1 is 0.625 bits per heavy atom. The molecule has 0 radical (unpaired) electrons. The van der Waals surface area contributed by atoms with Crippen LogP contribution in [0, 0.1) is 13.8 Å². The van der Waals surface area contributed by atoms with Gasteiger partial charge in [-0.15, -0.1) is 13.2 Å². The molecule has 0 amide bonds. The molecular weight excluding hydrogens is 562 g/mol. The van der Waals surface area contributed by atoms with E-state index in [0.29, 0.717) is 0 Å². The van der Waals surface area contributed by atoms with E-state index in [-0.39, 0.29) is 25.0 Å². The first-order chi connectivity index (χ1) is 19.2. The van der Waals surface area contributed by atoms with Gasteiger partial charge in [0.25, 0.3) is 0 Å². The third-order valence-electron chi connectivity index (χ3n) is 8.70. The molecule has 2 fully saturated rings. The predicted molar refractivity (Wildman–Crippen MR) is 177 cm³/mol. The van der Waals surface area contributed by atoms with E-state index in [1.54, 1.807) is 10.9 Å². The molecule has 4 aromatic rings. The van der Waals surface area contributed by atoms with Crippen molar-refractivity contribution in [3.05, 3.63) is 114 Å². The molecule has 3 heteroatoms. The molecule has 0 atom stereocenters. The van der Waals surface area contributed by atoms with Crippen molar-refractivity contribution in [1.29, 1.82) is 0 Å². The first-order valence-corrected chi connectivity index (χ1v) is 18.3. The number of hydrogen-bond donors (Lipinski definition) is 0. The van der Waals surface area contributed by atoms with Crippen LogP contribution in [0.15, 0.2) is 97.1 Å². The fourth-order valence-corrected chi connectivity index (χ4v) is 12.9. The smallest absolute Gasteiger partial charge is 0.214 e. The van der Waals surface area contributed by atoms with E-state index in [2.05, 4.69) is 80.6 Å². The third kappa shape index (κ3) is 8.52. The van der Waals surface area contributed by atoms with Crippen molar-refractivity contribution < 1.29 is 17.1 Å². The normalized spacial score (nSPS) is 16.4. The fourth-order valence-electron chi connectivity index (χ4n) is 6.51. The maximum absolute atomic E-state index is 2.49. The molecule has 0 aliphatic heterocycles. The van der Waals surface area contributed by atoms with Gasteiger partial charge in [-0.3, -0.25) is 0 Å². The van der Waals surface area contributed by atoms with Crippen LogP contribution < -0.4 is 15.9 Å². The van der Waals surface area contributed by atoms with E-state index in [1.165, 1.54) is 92.1 Å². The Bertz CT molecular complexity index is 1130. The maximum atomic E-state index is 2.49. The summed E-state index contributed by atoms with van der Waals surface area (Å²) in [6, 6.07) is 36.1. The minimum absolute atomic E-state index is 0. The third-order valence-corrected chi connectivity index (χ3v) is 14.9. The Balaban J connectivity index is 0.000000557. The van der Waals surface area contributed by atoms with Crippen LogP contribution in [0.4, 0.5) is 0 Å². The first-order valence-electron chi connectivity index (χ1n) is 15.3. The summed E-state index contributed by atoms with van der Waals surface area (Å²) < 4.78 is 0. The van der Waals surface area contributed by atoms with Crippen LogP contribution in [-0.4, -0.2) is 11.3 Å². The Labute approximate surface area is 257 Å². The summed E-state index contributed by atoms with van der Waals surface area (Å²) in [5.41, 5.74) is 6.40. The molecule has 0 bridgehead atoms. The van der Waals surface area contributed by atoms with Crippen molar-refractivity contribution in [2.24, 2.45) is 0 Å². The van der Waals surface area contributed by atoms with Gasteiger partial charge in [-0.05, 0) is 69.4 Å². The molecule has 0 heterocycles. The van der Waals surface area contributed by atoms with E-state index in [0.717, 1.165) is 11.3 Å². The van der Waals surface area contributed by atoms with Crippen molar-refractivity contribution in [2.45, 2.75) is 95.5 Å².